The van der Waals surface area contributed by atoms with Gasteiger partial charge in [-0.05, 0) is 26.3 Å². The molecule has 5 heteroatoms. The van der Waals surface area contributed by atoms with Crippen LogP contribution in [0, 0.1) is 0 Å². The van der Waals surface area contributed by atoms with Crippen molar-refractivity contribution in [3.8, 4) is 0 Å². The van der Waals surface area contributed by atoms with Gasteiger partial charge in [0, 0.05) is 6.42 Å². The first kappa shape index (κ1) is 16.9. The standard InChI is InChI=1S/C17H26N2O3/c1-17(2,3)19(16(20)21)10-14(18)9-15(19)12-22-11-13-7-5-4-6-8-13/h4-8,14-15H,9-12,18H2,1-3H3/p+1/t14-,15-,19?/m1/s1. The topological polar surface area (TPSA) is 72.5 Å². The molecule has 1 aromatic carbocycles. The first-order chi connectivity index (χ1) is 10.3. The van der Waals surface area contributed by atoms with Crippen LogP contribution in [0.1, 0.15) is 32.8 Å². The van der Waals surface area contributed by atoms with Gasteiger partial charge in [0.15, 0.2) is 0 Å². The Bertz CT molecular complexity index is 512. The van der Waals surface area contributed by atoms with Crippen LogP contribution in [0.3, 0.4) is 0 Å². The molecule has 1 aromatic rings. The van der Waals surface area contributed by atoms with Gasteiger partial charge in [-0.1, -0.05) is 30.3 Å². The van der Waals surface area contributed by atoms with Gasteiger partial charge >= 0.3 is 6.09 Å². The zero-order chi connectivity index (χ0) is 16.4. The van der Waals surface area contributed by atoms with Crippen LogP contribution in [0.25, 0.3) is 0 Å². The number of quaternary nitrogens is 1. The van der Waals surface area contributed by atoms with E-state index in [0.717, 1.165) is 5.56 Å². The molecule has 1 aliphatic rings. The fourth-order valence-corrected chi connectivity index (χ4v) is 3.55. The predicted octanol–water partition coefficient (Wildman–Crippen LogP) is 2.60. The molecule has 0 aromatic heterocycles. The maximum atomic E-state index is 12.0. The number of benzene rings is 1. The van der Waals surface area contributed by atoms with Gasteiger partial charge in [0.05, 0.1) is 19.3 Å². The maximum Gasteiger partial charge on any atom is 0.514 e. The summed E-state index contributed by atoms with van der Waals surface area (Å²) in [5.41, 5.74) is 6.76. The second-order valence-electron chi connectivity index (χ2n) is 7.16. The maximum absolute atomic E-state index is 12.0. The van der Waals surface area contributed by atoms with Crippen LogP contribution < -0.4 is 5.73 Å². The number of amides is 1. The monoisotopic (exact) mass is 307 g/mol. The van der Waals surface area contributed by atoms with Crippen LogP contribution in [0.15, 0.2) is 30.3 Å². The smallest absolute Gasteiger partial charge is 0.435 e. The molecule has 2 rings (SSSR count). The van der Waals surface area contributed by atoms with E-state index in [1.54, 1.807) is 0 Å². The summed E-state index contributed by atoms with van der Waals surface area (Å²) in [6.45, 7) is 7.25. The molecule has 0 saturated carbocycles. The highest BCUT2D eigenvalue weighted by Gasteiger charge is 2.58. The van der Waals surface area contributed by atoms with Gasteiger partial charge in [-0.25, -0.2) is 4.48 Å². The number of likely N-dealkylation sites (tertiary alicyclic amines) is 1. The summed E-state index contributed by atoms with van der Waals surface area (Å²) in [5, 5.41) is 9.87. The van der Waals surface area contributed by atoms with E-state index in [0.29, 0.717) is 26.2 Å². The first-order valence-electron chi connectivity index (χ1n) is 7.76. The molecule has 0 bridgehead atoms. The van der Waals surface area contributed by atoms with Crippen LogP contribution in [0.2, 0.25) is 0 Å². The third kappa shape index (κ3) is 3.16. The summed E-state index contributed by atoms with van der Waals surface area (Å²) in [7, 11) is 0. The molecule has 22 heavy (non-hydrogen) atoms. The Labute approximate surface area is 132 Å². The molecule has 0 aliphatic carbocycles. The van der Waals surface area contributed by atoms with Crippen LogP contribution in [0.5, 0.6) is 0 Å². The SMILES string of the molecule is CC(C)(C)[N+]1(C(=O)O)C[C@H](N)C[C@@H]1COCc1ccccc1. The highest BCUT2D eigenvalue weighted by Crippen LogP contribution is 2.36. The minimum atomic E-state index is -0.811. The highest BCUT2D eigenvalue weighted by molar-refractivity contribution is 5.58. The molecule has 1 amide bonds. The van der Waals surface area contributed by atoms with Crippen LogP contribution >= 0.6 is 0 Å². The van der Waals surface area contributed by atoms with E-state index in [1.165, 1.54) is 0 Å². The quantitative estimate of drug-likeness (QED) is 0.839. The third-order valence-electron chi connectivity index (χ3n) is 4.68. The van der Waals surface area contributed by atoms with Crippen molar-refractivity contribution in [1.82, 2.24) is 0 Å². The molecule has 0 spiro atoms. The van der Waals surface area contributed by atoms with Gasteiger partial charge < -0.3 is 15.6 Å². The fourth-order valence-electron chi connectivity index (χ4n) is 3.55. The van der Waals surface area contributed by atoms with Crippen molar-refractivity contribution in [2.75, 3.05) is 13.2 Å². The number of rotatable bonds is 4. The number of hydrogen-bond acceptors (Lipinski definition) is 3. The Hall–Kier alpha value is -1.43. The average molecular weight is 307 g/mol. The number of carbonyl (C=O) groups is 1. The largest absolute Gasteiger partial charge is 0.514 e. The summed E-state index contributed by atoms with van der Waals surface area (Å²) >= 11 is 0. The number of ether oxygens (including phenoxy) is 1. The van der Waals surface area contributed by atoms with Crippen molar-refractivity contribution in [2.45, 2.75) is 51.4 Å². The average Bonchev–Trinajstić information content (AvgIpc) is 2.78. The molecule has 1 unspecified atom stereocenters. The van der Waals surface area contributed by atoms with Crippen molar-refractivity contribution in [3.63, 3.8) is 0 Å². The number of nitrogens with two attached hydrogens (primary N) is 1. The van der Waals surface area contributed by atoms with Crippen LogP contribution in [-0.4, -0.2) is 46.5 Å². The Morgan fingerprint density at radius 2 is 2.00 bits per heavy atom. The second kappa shape index (κ2) is 6.36. The second-order valence-corrected chi connectivity index (χ2v) is 7.16. The van der Waals surface area contributed by atoms with E-state index in [-0.39, 0.29) is 16.6 Å². The molecule has 3 atom stereocenters. The summed E-state index contributed by atoms with van der Waals surface area (Å²) in [6.07, 6.45) is -0.132. The normalized spacial score (nSPS) is 28.7. The Balaban J connectivity index is 2.09. The van der Waals surface area contributed by atoms with Crippen molar-refractivity contribution >= 4 is 6.09 Å². The zero-order valence-corrected chi connectivity index (χ0v) is 13.7. The van der Waals surface area contributed by atoms with Crippen molar-refractivity contribution < 1.29 is 19.1 Å². The van der Waals surface area contributed by atoms with Crippen molar-refractivity contribution in [2.24, 2.45) is 5.73 Å². The Kier molecular flexibility index (Phi) is 4.90. The van der Waals surface area contributed by atoms with E-state index in [1.807, 2.05) is 51.1 Å². The zero-order valence-electron chi connectivity index (χ0n) is 13.7. The van der Waals surface area contributed by atoms with Gasteiger partial charge in [0.1, 0.15) is 18.1 Å². The summed E-state index contributed by atoms with van der Waals surface area (Å²) in [5.74, 6) is 0. The molecule has 3 N–H and O–H groups in total. The predicted molar refractivity (Wildman–Crippen MR) is 85.4 cm³/mol. The summed E-state index contributed by atoms with van der Waals surface area (Å²) < 4.78 is 5.79. The molecular weight excluding hydrogens is 280 g/mol. The van der Waals surface area contributed by atoms with Gasteiger partial charge in [0.2, 0.25) is 0 Å². The molecule has 1 heterocycles. The summed E-state index contributed by atoms with van der Waals surface area (Å²) in [6, 6.07) is 9.70. The Morgan fingerprint density at radius 1 is 1.36 bits per heavy atom. The lowest BCUT2D eigenvalue weighted by molar-refractivity contribution is -0.915. The third-order valence-corrected chi connectivity index (χ3v) is 4.68. The van der Waals surface area contributed by atoms with E-state index < -0.39 is 11.6 Å². The first-order valence-corrected chi connectivity index (χ1v) is 7.76. The minimum absolute atomic E-state index is 0.0248. The molecular formula is C17H27N2O3+. The van der Waals surface area contributed by atoms with Gasteiger partial charge in [-0.2, -0.15) is 4.79 Å². The lowest BCUT2D eigenvalue weighted by atomic mass is 10.00. The van der Waals surface area contributed by atoms with E-state index in [9.17, 15) is 9.90 Å². The van der Waals surface area contributed by atoms with Gasteiger partial charge in [0.25, 0.3) is 0 Å². The number of carboxylic acid groups (broad SMARTS) is 1. The fraction of sp³-hybridized carbons (Fsp3) is 0.588. The van der Waals surface area contributed by atoms with Crippen molar-refractivity contribution in [1.29, 1.82) is 0 Å². The van der Waals surface area contributed by atoms with Gasteiger partial charge in [-0.3, -0.25) is 0 Å². The van der Waals surface area contributed by atoms with E-state index in [4.69, 9.17) is 10.5 Å². The van der Waals surface area contributed by atoms with Gasteiger partial charge in [-0.15, -0.1) is 0 Å². The molecule has 0 radical (unpaired) electrons. The molecule has 1 aliphatic heterocycles. The Morgan fingerprint density at radius 3 is 2.55 bits per heavy atom. The molecule has 1 fully saturated rings. The van der Waals surface area contributed by atoms with Crippen LogP contribution in [0.4, 0.5) is 4.79 Å². The number of nitrogens with zero attached hydrogens (tertiary/aromatic N) is 1. The van der Waals surface area contributed by atoms with Crippen LogP contribution in [-0.2, 0) is 11.3 Å². The van der Waals surface area contributed by atoms with E-state index in [2.05, 4.69) is 0 Å². The molecule has 5 nitrogen and oxygen atoms in total. The van der Waals surface area contributed by atoms with E-state index >= 15 is 0 Å². The lowest BCUT2D eigenvalue weighted by Crippen LogP contribution is -2.67. The highest BCUT2D eigenvalue weighted by atomic mass is 16.5. The summed E-state index contributed by atoms with van der Waals surface area (Å²) in [4.78, 5) is 12.0. The molecule has 1 saturated heterocycles. The van der Waals surface area contributed by atoms with Crippen molar-refractivity contribution in [3.05, 3.63) is 35.9 Å². The minimum Gasteiger partial charge on any atom is -0.435 e. The number of hydrogen-bond donors (Lipinski definition) is 2. The lowest BCUT2D eigenvalue weighted by Gasteiger charge is -2.44. The molecule has 122 valence electrons.